The van der Waals surface area contributed by atoms with Gasteiger partial charge in [0.1, 0.15) is 17.4 Å². The average molecular weight is 512 g/mol. The van der Waals surface area contributed by atoms with Crippen molar-refractivity contribution in [1.82, 2.24) is 0 Å². The van der Waals surface area contributed by atoms with Crippen molar-refractivity contribution in [3.63, 3.8) is 0 Å². The molecule has 0 aliphatic carbocycles. The van der Waals surface area contributed by atoms with Crippen LogP contribution in [0.2, 0.25) is 10.0 Å². The van der Waals surface area contributed by atoms with Crippen LogP contribution in [0.4, 0.5) is 5.00 Å². The Bertz CT molecular complexity index is 1300. The molecule has 3 aromatic carbocycles. The number of rotatable bonds is 8. The first-order valence-corrected chi connectivity index (χ1v) is 11.8. The molecule has 0 radical (unpaired) electrons. The maximum absolute atomic E-state index is 12.5. The minimum absolute atomic E-state index is 0.0702. The van der Waals surface area contributed by atoms with Crippen molar-refractivity contribution in [3.05, 3.63) is 116 Å². The molecule has 0 fully saturated rings. The third kappa shape index (κ3) is 5.78. The number of amides is 1. The summed E-state index contributed by atoms with van der Waals surface area (Å²) in [6.45, 7) is 0.245. The van der Waals surface area contributed by atoms with Crippen LogP contribution in [0, 0.1) is 0 Å². The van der Waals surface area contributed by atoms with Crippen LogP contribution in [0.5, 0.6) is 5.75 Å². The topological polar surface area (TPSA) is 75.6 Å². The Morgan fingerprint density at radius 1 is 0.912 bits per heavy atom. The van der Waals surface area contributed by atoms with E-state index in [0.717, 1.165) is 16.0 Å². The molecule has 0 unspecified atom stereocenters. The van der Waals surface area contributed by atoms with E-state index < -0.39 is 5.97 Å². The van der Waals surface area contributed by atoms with Gasteiger partial charge in [-0.05, 0) is 48.0 Å². The Hall–Kier alpha value is -3.32. The highest BCUT2D eigenvalue weighted by atomic mass is 35.5. The second-order valence-corrected chi connectivity index (χ2v) is 9.34. The Kier molecular flexibility index (Phi) is 7.53. The molecule has 0 bridgehead atoms. The van der Waals surface area contributed by atoms with Crippen molar-refractivity contribution in [2.75, 3.05) is 5.32 Å². The number of halogens is 2. The fourth-order valence-corrected chi connectivity index (χ4v) is 4.86. The molecule has 0 saturated carbocycles. The quantitative estimate of drug-likeness (QED) is 0.262. The molecule has 2 N–H and O–H groups in total. The largest absolute Gasteiger partial charge is 0.489 e. The molecule has 0 aliphatic heterocycles. The zero-order valence-corrected chi connectivity index (χ0v) is 20.1. The lowest BCUT2D eigenvalue weighted by atomic mass is 10.1. The fourth-order valence-electron chi connectivity index (χ4n) is 3.28. The van der Waals surface area contributed by atoms with Gasteiger partial charge in [-0.3, -0.25) is 4.79 Å². The molecule has 8 heteroatoms. The average Bonchev–Trinajstić information content (AvgIpc) is 3.22. The van der Waals surface area contributed by atoms with Gasteiger partial charge in [0.05, 0.1) is 5.56 Å². The van der Waals surface area contributed by atoms with E-state index in [9.17, 15) is 14.7 Å². The van der Waals surface area contributed by atoms with Crippen molar-refractivity contribution in [1.29, 1.82) is 0 Å². The third-order valence-electron chi connectivity index (χ3n) is 5.02. The summed E-state index contributed by atoms with van der Waals surface area (Å²) in [5.41, 5.74) is 2.23. The van der Waals surface area contributed by atoms with Crippen LogP contribution in [0.3, 0.4) is 0 Å². The number of anilines is 1. The summed E-state index contributed by atoms with van der Waals surface area (Å²) in [6, 6.07) is 23.1. The summed E-state index contributed by atoms with van der Waals surface area (Å²) in [6.07, 6.45) is 0.517. The van der Waals surface area contributed by atoms with Crippen LogP contribution < -0.4 is 10.1 Å². The lowest BCUT2D eigenvalue weighted by Crippen LogP contribution is -2.12. The van der Waals surface area contributed by atoms with Crippen molar-refractivity contribution in [2.24, 2.45) is 0 Å². The van der Waals surface area contributed by atoms with Crippen LogP contribution in [-0.4, -0.2) is 17.0 Å². The maximum atomic E-state index is 12.5. The van der Waals surface area contributed by atoms with E-state index in [4.69, 9.17) is 27.9 Å². The number of ether oxygens (including phenoxy) is 1. The minimum atomic E-state index is -1.09. The summed E-state index contributed by atoms with van der Waals surface area (Å²) < 4.78 is 5.81. The second kappa shape index (κ2) is 10.7. The SMILES string of the molecule is O=C(Nc1sc(Cc2ccc(OCc3c(Cl)cccc3Cl)cc2)cc1C(=O)O)c1ccccc1. The molecule has 0 aliphatic rings. The van der Waals surface area contributed by atoms with Gasteiger partial charge in [-0.1, -0.05) is 59.6 Å². The Morgan fingerprint density at radius 3 is 2.24 bits per heavy atom. The fraction of sp³-hybridized carbons (Fsp3) is 0.0769. The van der Waals surface area contributed by atoms with Gasteiger partial charge in [0.15, 0.2) is 0 Å². The molecular formula is C26H19Cl2NO4S. The van der Waals surface area contributed by atoms with Gasteiger partial charge in [0, 0.05) is 32.5 Å². The first kappa shape index (κ1) is 23.8. The zero-order chi connectivity index (χ0) is 24.1. The molecular weight excluding hydrogens is 493 g/mol. The number of carboxylic acids is 1. The number of thiophene rings is 1. The van der Waals surface area contributed by atoms with Gasteiger partial charge in [-0.2, -0.15) is 0 Å². The lowest BCUT2D eigenvalue weighted by Gasteiger charge is -2.10. The number of aromatic carboxylic acids is 1. The summed E-state index contributed by atoms with van der Waals surface area (Å²) in [5, 5.41) is 13.7. The normalized spacial score (nSPS) is 10.6. The molecule has 1 aromatic heterocycles. The van der Waals surface area contributed by atoms with Gasteiger partial charge in [-0.15, -0.1) is 11.3 Å². The van der Waals surface area contributed by atoms with E-state index in [2.05, 4.69) is 5.32 Å². The van der Waals surface area contributed by atoms with Crippen LogP contribution in [-0.2, 0) is 13.0 Å². The summed E-state index contributed by atoms with van der Waals surface area (Å²) in [7, 11) is 0. The molecule has 1 amide bonds. The summed E-state index contributed by atoms with van der Waals surface area (Å²) in [5.74, 6) is -0.780. The number of benzene rings is 3. The second-order valence-electron chi connectivity index (χ2n) is 7.39. The van der Waals surface area contributed by atoms with Gasteiger partial charge in [0.25, 0.3) is 5.91 Å². The van der Waals surface area contributed by atoms with Crippen molar-refractivity contribution in [2.45, 2.75) is 13.0 Å². The number of carbonyl (C=O) groups is 2. The first-order chi connectivity index (χ1) is 16.4. The molecule has 5 nitrogen and oxygen atoms in total. The summed E-state index contributed by atoms with van der Waals surface area (Å²) in [4.78, 5) is 25.0. The zero-order valence-electron chi connectivity index (χ0n) is 17.8. The Balaban J connectivity index is 1.43. The molecule has 0 saturated heterocycles. The minimum Gasteiger partial charge on any atom is -0.489 e. The van der Waals surface area contributed by atoms with Gasteiger partial charge in [0.2, 0.25) is 0 Å². The van der Waals surface area contributed by atoms with E-state index in [1.165, 1.54) is 11.3 Å². The number of carbonyl (C=O) groups excluding carboxylic acids is 1. The van der Waals surface area contributed by atoms with Gasteiger partial charge >= 0.3 is 5.97 Å². The van der Waals surface area contributed by atoms with Gasteiger partial charge < -0.3 is 15.2 Å². The standard InChI is InChI=1S/C26H19Cl2NO4S/c27-22-7-4-8-23(28)21(22)15-33-18-11-9-16(10-12-18)13-19-14-20(26(31)32)25(34-19)29-24(30)17-5-2-1-3-6-17/h1-12,14H,13,15H2,(H,29,30)(H,31,32). The van der Waals surface area contributed by atoms with Crippen LogP contribution in [0.1, 0.15) is 36.7 Å². The highest BCUT2D eigenvalue weighted by Gasteiger charge is 2.18. The van der Waals surface area contributed by atoms with E-state index >= 15 is 0 Å². The highest BCUT2D eigenvalue weighted by Crippen LogP contribution is 2.31. The number of hydrogen-bond donors (Lipinski definition) is 2. The first-order valence-electron chi connectivity index (χ1n) is 10.3. The predicted octanol–water partition coefficient (Wildman–Crippen LogP) is 7.18. The number of hydrogen-bond acceptors (Lipinski definition) is 4. The van der Waals surface area contributed by atoms with Crippen LogP contribution in [0.15, 0.2) is 78.9 Å². The molecule has 34 heavy (non-hydrogen) atoms. The van der Waals surface area contributed by atoms with Gasteiger partial charge in [-0.25, -0.2) is 4.79 Å². The van der Waals surface area contributed by atoms with Crippen LogP contribution >= 0.6 is 34.5 Å². The van der Waals surface area contributed by atoms with E-state index in [-0.39, 0.29) is 18.1 Å². The number of carboxylic acid groups (broad SMARTS) is 1. The van der Waals surface area contributed by atoms with E-state index in [0.29, 0.717) is 32.8 Å². The smallest absolute Gasteiger partial charge is 0.338 e. The molecule has 172 valence electrons. The molecule has 4 aromatic rings. The highest BCUT2D eigenvalue weighted by molar-refractivity contribution is 7.16. The Labute approximate surface area is 210 Å². The summed E-state index contributed by atoms with van der Waals surface area (Å²) >= 11 is 13.6. The monoisotopic (exact) mass is 511 g/mol. The van der Waals surface area contributed by atoms with Crippen molar-refractivity contribution < 1.29 is 19.4 Å². The van der Waals surface area contributed by atoms with Crippen molar-refractivity contribution >= 4 is 51.4 Å². The lowest BCUT2D eigenvalue weighted by molar-refractivity contribution is 0.0698. The molecule has 0 atom stereocenters. The van der Waals surface area contributed by atoms with Crippen LogP contribution in [0.25, 0.3) is 0 Å². The number of nitrogens with one attached hydrogen (secondary N) is 1. The van der Waals surface area contributed by atoms with E-state index in [1.807, 2.05) is 30.3 Å². The molecule has 4 rings (SSSR count). The molecule has 1 heterocycles. The predicted molar refractivity (Wildman–Crippen MR) is 136 cm³/mol. The third-order valence-corrected chi connectivity index (χ3v) is 6.78. The maximum Gasteiger partial charge on any atom is 0.338 e. The van der Waals surface area contributed by atoms with E-state index in [1.54, 1.807) is 48.5 Å². The molecule has 0 spiro atoms. The Morgan fingerprint density at radius 2 is 1.59 bits per heavy atom. The van der Waals surface area contributed by atoms with Crippen molar-refractivity contribution in [3.8, 4) is 5.75 Å².